The maximum absolute atomic E-state index is 13.8. The van der Waals surface area contributed by atoms with Gasteiger partial charge in [-0.05, 0) is 61.3 Å². The van der Waals surface area contributed by atoms with Gasteiger partial charge in [0, 0.05) is 19.4 Å². The summed E-state index contributed by atoms with van der Waals surface area (Å²) in [6.07, 6.45) is 0.954. The smallest absolute Gasteiger partial charge is 0.303 e. The van der Waals surface area contributed by atoms with Crippen molar-refractivity contribution in [3.63, 3.8) is 0 Å². The topological polar surface area (TPSA) is 231 Å². The third-order valence-corrected chi connectivity index (χ3v) is 8.24. The van der Waals surface area contributed by atoms with Gasteiger partial charge in [-0.2, -0.15) is 0 Å². The third kappa shape index (κ3) is 11.2. The predicted molar refractivity (Wildman–Crippen MR) is 173 cm³/mol. The monoisotopic (exact) mass is 672 g/mol. The van der Waals surface area contributed by atoms with E-state index in [4.69, 9.17) is 28.2 Å². The average molecular weight is 673 g/mol. The number of carbonyl (C=O) groups excluding carboxylic acids is 6. The number of aliphatic carboxylic acids is 1. The van der Waals surface area contributed by atoms with E-state index < -0.39 is 77.9 Å². The van der Waals surface area contributed by atoms with Gasteiger partial charge >= 0.3 is 5.97 Å². The lowest BCUT2D eigenvalue weighted by Gasteiger charge is -2.37. The van der Waals surface area contributed by atoms with Crippen LogP contribution in [0.4, 0.5) is 0 Å². The Morgan fingerprint density at radius 3 is 2.21 bits per heavy atom. The van der Waals surface area contributed by atoms with Crippen LogP contribution in [0.2, 0.25) is 0 Å². The van der Waals surface area contributed by atoms with Crippen molar-refractivity contribution in [2.45, 2.75) is 82.0 Å². The highest BCUT2D eigenvalue weighted by Gasteiger charge is 2.37. The van der Waals surface area contributed by atoms with Crippen LogP contribution in [0.5, 0.6) is 0 Å². The van der Waals surface area contributed by atoms with E-state index in [-0.39, 0.29) is 38.6 Å². The number of nitrogens with two attached hydrogens (primary N) is 2. The molecule has 2 aromatic rings. The van der Waals surface area contributed by atoms with Crippen molar-refractivity contribution >= 4 is 63.8 Å². The van der Waals surface area contributed by atoms with Crippen LogP contribution in [0.25, 0.3) is 10.8 Å². The summed E-state index contributed by atoms with van der Waals surface area (Å²) in [5.74, 6) is -5.82. The third-order valence-electron chi connectivity index (χ3n) is 8.00. The van der Waals surface area contributed by atoms with Crippen molar-refractivity contribution < 1.29 is 38.7 Å². The molecule has 6 amide bonds. The number of carbonyl (C=O) groups is 7. The Bertz CT molecular complexity index is 1490. The molecule has 0 spiro atoms. The predicted octanol–water partition coefficient (Wildman–Crippen LogP) is 0.462. The molecule has 0 radical (unpaired) electrons. The standard InChI is InChI=1S/C32H41ClN6O8/c33-18-27(41)36-24(13-15-28(42)43)32(47)39-16-4-3-7-25(39)31(46)38-23(30(45)37-22(29(35)44)12-14-26(34)40)11-9-19-8-10-20-5-1-2-6-21(20)17-19/h1-2,5-6,8,10,17,22-25H,3-4,7,9,11-16,18H2,(H2,34,40)(H2,35,44)(H,36,41)(H,37,45)(H,38,46)(H,42,43)/t22-,23-,24+,25-/m0/s1. The first-order valence-corrected chi connectivity index (χ1v) is 16.0. The number of alkyl halides is 1. The number of hydrogen-bond donors (Lipinski definition) is 6. The lowest BCUT2D eigenvalue weighted by Crippen LogP contribution is -2.60. The maximum Gasteiger partial charge on any atom is 0.303 e. The molecular weight excluding hydrogens is 632 g/mol. The number of piperidine rings is 1. The number of primary amides is 2. The van der Waals surface area contributed by atoms with Crippen LogP contribution < -0.4 is 27.4 Å². The molecule has 2 aromatic carbocycles. The van der Waals surface area contributed by atoms with Gasteiger partial charge in [-0.15, -0.1) is 11.6 Å². The van der Waals surface area contributed by atoms with Gasteiger partial charge in [-0.1, -0.05) is 42.5 Å². The van der Waals surface area contributed by atoms with Crippen LogP contribution in [0.1, 0.15) is 56.9 Å². The Morgan fingerprint density at radius 1 is 0.851 bits per heavy atom. The van der Waals surface area contributed by atoms with Crippen molar-refractivity contribution in [1.82, 2.24) is 20.9 Å². The number of likely N-dealkylation sites (tertiary alicyclic amines) is 1. The molecule has 1 aliphatic heterocycles. The quantitative estimate of drug-likeness (QED) is 0.129. The molecule has 1 saturated heterocycles. The van der Waals surface area contributed by atoms with Gasteiger partial charge < -0.3 is 37.4 Å². The van der Waals surface area contributed by atoms with E-state index in [9.17, 15) is 33.6 Å². The molecule has 0 aromatic heterocycles. The summed E-state index contributed by atoms with van der Waals surface area (Å²) >= 11 is 5.60. The number of halogens is 1. The van der Waals surface area contributed by atoms with E-state index in [2.05, 4.69) is 16.0 Å². The van der Waals surface area contributed by atoms with Crippen molar-refractivity contribution in [2.24, 2.45) is 11.5 Å². The summed E-state index contributed by atoms with van der Waals surface area (Å²) in [5, 5.41) is 18.9. The Balaban J connectivity index is 1.83. The number of rotatable bonds is 17. The molecule has 47 heavy (non-hydrogen) atoms. The summed E-state index contributed by atoms with van der Waals surface area (Å²) in [5.41, 5.74) is 11.6. The molecule has 14 nitrogen and oxygen atoms in total. The van der Waals surface area contributed by atoms with Gasteiger partial charge in [-0.25, -0.2) is 0 Å². The van der Waals surface area contributed by atoms with Gasteiger partial charge in [0.05, 0.1) is 0 Å². The highest BCUT2D eigenvalue weighted by atomic mass is 35.5. The maximum atomic E-state index is 13.8. The molecule has 8 N–H and O–H groups in total. The zero-order chi connectivity index (χ0) is 34.5. The number of carboxylic acid groups (broad SMARTS) is 1. The molecule has 0 aliphatic carbocycles. The fourth-order valence-corrected chi connectivity index (χ4v) is 5.59. The molecule has 0 bridgehead atoms. The van der Waals surface area contributed by atoms with Crippen LogP contribution >= 0.6 is 11.6 Å². The zero-order valence-electron chi connectivity index (χ0n) is 25.9. The lowest BCUT2D eigenvalue weighted by molar-refractivity contribution is -0.146. The van der Waals surface area contributed by atoms with Crippen LogP contribution in [-0.4, -0.2) is 88.0 Å². The highest BCUT2D eigenvalue weighted by Crippen LogP contribution is 2.21. The summed E-state index contributed by atoms with van der Waals surface area (Å²) < 4.78 is 0. The van der Waals surface area contributed by atoms with Gasteiger partial charge in [0.1, 0.15) is 30.0 Å². The largest absolute Gasteiger partial charge is 0.481 e. The first-order valence-electron chi connectivity index (χ1n) is 15.4. The molecule has 0 saturated carbocycles. The molecule has 254 valence electrons. The SMILES string of the molecule is NC(=O)CC[C@H](NC(=O)[C@H](CCc1ccc2ccccc2c1)NC(=O)[C@@H]1CCCCN1C(=O)[C@@H](CCC(=O)O)NC(=O)CCl)C(N)=O. The number of amides is 6. The van der Waals surface area contributed by atoms with Crippen LogP contribution in [0, 0.1) is 0 Å². The van der Waals surface area contributed by atoms with E-state index in [1.165, 1.54) is 4.90 Å². The minimum absolute atomic E-state index is 0.116. The summed E-state index contributed by atoms with van der Waals surface area (Å²) in [6.45, 7) is 0.169. The van der Waals surface area contributed by atoms with Gasteiger partial charge in [-0.3, -0.25) is 33.6 Å². The Hall–Kier alpha value is -4.72. The van der Waals surface area contributed by atoms with Gasteiger partial charge in [0.2, 0.25) is 35.4 Å². The molecule has 4 atom stereocenters. The summed E-state index contributed by atoms with van der Waals surface area (Å²) in [4.78, 5) is 88.8. The van der Waals surface area contributed by atoms with E-state index in [1.807, 2.05) is 42.5 Å². The number of hydrogen-bond acceptors (Lipinski definition) is 7. The van der Waals surface area contributed by atoms with E-state index >= 15 is 0 Å². The fourth-order valence-electron chi connectivity index (χ4n) is 5.51. The minimum atomic E-state index is -1.22. The summed E-state index contributed by atoms with van der Waals surface area (Å²) in [6, 6.07) is 8.95. The van der Waals surface area contributed by atoms with Crippen molar-refractivity contribution in [3.05, 3.63) is 48.0 Å². The average Bonchev–Trinajstić information content (AvgIpc) is 3.05. The first-order chi connectivity index (χ1) is 22.4. The van der Waals surface area contributed by atoms with Gasteiger partial charge in [0.25, 0.3) is 0 Å². The zero-order valence-corrected chi connectivity index (χ0v) is 26.7. The number of benzene rings is 2. The minimum Gasteiger partial charge on any atom is -0.481 e. The number of nitrogens with zero attached hydrogens (tertiary/aromatic N) is 1. The molecule has 15 heteroatoms. The second-order valence-corrected chi connectivity index (χ2v) is 11.7. The second kappa shape index (κ2) is 17.8. The molecule has 1 aliphatic rings. The Labute approximate surface area is 276 Å². The molecule has 1 fully saturated rings. The van der Waals surface area contributed by atoms with Crippen LogP contribution in [0.15, 0.2) is 42.5 Å². The lowest BCUT2D eigenvalue weighted by atomic mass is 9.97. The number of carboxylic acids is 1. The normalized spacial score (nSPS) is 16.4. The number of aryl methyl sites for hydroxylation is 1. The van der Waals surface area contributed by atoms with E-state index in [0.29, 0.717) is 19.3 Å². The number of fused-ring (bicyclic) bond motifs is 1. The van der Waals surface area contributed by atoms with E-state index in [1.54, 1.807) is 0 Å². The van der Waals surface area contributed by atoms with Crippen LogP contribution in [-0.2, 0) is 40.0 Å². The van der Waals surface area contributed by atoms with E-state index in [0.717, 1.165) is 16.3 Å². The Morgan fingerprint density at radius 2 is 1.55 bits per heavy atom. The van der Waals surface area contributed by atoms with Crippen LogP contribution in [0.3, 0.4) is 0 Å². The van der Waals surface area contributed by atoms with Crippen molar-refractivity contribution in [3.8, 4) is 0 Å². The van der Waals surface area contributed by atoms with Crippen molar-refractivity contribution in [2.75, 3.05) is 12.4 Å². The highest BCUT2D eigenvalue weighted by molar-refractivity contribution is 6.27. The van der Waals surface area contributed by atoms with Crippen molar-refractivity contribution in [1.29, 1.82) is 0 Å². The fraction of sp³-hybridized carbons (Fsp3) is 0.469. The Kier molecular flexibility index (Phi) is 13.9. The molecular formula is C32H41ClN6O8. The molecule has 0 unspecified atom stereocenters. The summed E-state index contributed by atoms with van der Waals surface area (Å²) in [7, 11) is 0. The van der Waals surface area contributed by atoms with Gasteiger partial charge in [0.15, 0.2) is 0 Å². The second-order valence-electron chi connectivity index (χ2n) is 11.5. The first kappa shape index (κ1) is 36.7. The molecule has 3 rings (SSSR count). The number of nitrogens with one attached hydrogen (secondary N) is 3. The molecule has 1 heterocycles.